The smallest absolute Gasteiger partial charge is 0.261 e. The first kappa shape index (κ1) is 21.8. The molecular weight excluding hydrogens is 383 g/mol. The van der Waals surface area contributed by atoms with Crippen LogP contribution in [0.1, 0.15) is 44.6 Å². The van der Waals surface area contributed by atoms with Gasteiger partial charge in [-0.15, -0.1) is 0 Å². The number of para-hydroxylation sites is 1. The van der Waals surface area contributed by atoms with Gasteiger partial charge in [-0.2, -0.15) is 0 Å². The van der Waals surface area contributed by atoms with Gasteiger partial charge in [-0.05, 0) is 49.1 Å². The third-order valence-electron chi connectivity index (χ3n) is 5.46. The summed E-state index contributed by atoms with van der Waals surface area (Å²) in [7, 11) is 0. The van der Waals surface area contributed by atoms with E-state index >= 15 is 0 Å². The fourth-order valence-corrected chi connectivity index (χ4v) is 3.82. The van der Waals surface area contributed by atoms with Crippen LogP contribution in [0, 0.1) is 5.82 Å². The SMILES string of the molecule is CC[C@@H](C(=O)NC1CCCC1)N(Cc1ccc(F)cc1)C(=O)COc1ccccc1. The molecule has 1 N–H and O–H groups in total. The summed E-state index contributed by atoms with van der Waals surface area (Å²) in [5.41, 5.74) is 0.761. The molecule has 0 unspecified atom stereocenters. The van der Waals surface area contributed by atoms with E-state index in [9.17, 15) is 14.0 Å². The molecule has 2 aromatic rings. The van der Waals surface area contributed by atoms with Crippen LogP contribution >= 0.6 is 0 Å². The van der Waals surface area contributed by atoms with Crippen LogP contribution in [-0.4, -0.2) is 35.4 Å². The molecule has 30 heavy (non-hydrogen) atoms. The summed E-state index contributed by atoms with van der Waals surface area (Å²) in [6.07, 6.45) is 4.67. The molecule has 1 fully saturated rings. The van der Waals surface area contributed by atoms with Crippen LogP contribution in [-0.2, 0) is 16.1 Å². The normalized spacial score (nSPS) is 14.9. The number of rotatable bonds is 9. The molecular formula is C24H29FN2O3. The van der Waals surface area contributed by atoms with E-state index in [-0.39, 0.29) is 36.8 Å². The molecule has 1 aliphatic rings. The Morgan fingerprint density at radius 3 is 2.40 bits per heavy atom. The van der Waals surface area contributed by atoms with E-state index in [2.05, 4.69) is 5.32 Å². The molecule has 6 heteroatoms. The zero-order valence-corrected chi connectivity index (χ0v) is 17.4. The number of benzene rings is 2. The molecule has 1 saturated carbocycles. The molecule has 1 atom stereocenters. The van der Waals surface area contributed by atoms with Gasteiger partial charge in [0.2, 0.25) is 5.91 Å². The first-order chi connectivity index (χ1) is 14.6. The Labute approximate surface area is 177 Å². The molecule has 0 radical (unpaired) electrons. The lowest BCUT2D eigenvalue weighted by Crippen LogP contribution is -2.52. The second-order valence-electron chi connectivity index (χ2n) is 7.66. The van der Waals surface area contributed by atoms with E-state index in [0.717, 1.165) is 31.2 Å². The van der Waals surface area contributed by atoms with Crippen molar-refractivity contribution in [1.29, 1.82) is 0 Å². The quantitative estimate of drug-likeness (QED) is 0.675. The minimum Gasteiger partial charge on any atom is -0.484 e. The summed E-state index contributed by atoms with van der Waals surface area (Å²) in [5, 5.41) is 3.10. The molecule has 2 aromatic carbocycles. The van der Waals surface area contributed by atoms with Crippen LogP contribution < -0.4 is 10.1 Å². The van der Waals surface area contributed by atoms with Crippen molar-refractivity contribution in [2.75, 3.05) is 6.61 Å². The van der Waals surface area contributed by atoms with Crippen LogP contribution in [0.4, 0.5) is 4.39 Å². The van der Waals surface area contributed by atoms with Gasteiger partial charge in [-0.1, -0.05) is 50.1 Å². The van der Waals surface area contributed by atoms with Crippen molar-refractivity contribution >= 4 is 11.8 Å². The van der Waals surface area contributed by atoms with Crippen molar-refractivity contribution in [3.63, 3.8) is 0 Å². The van der Waals surface area contributed by atoms with Gasteiger partial charge in [0.05, 0.1) is 0 Å². The first-order valence-electron chi connectivity index (χ1n) is 10.6. The lowest BCUT2D eigenvalue weighted by molar-refractivity contribution is -0.143. The number of ether oxygens (including phenoxy) is 1. The Morgan fingerprint density at radius 1 is 1.10 bits per heavy atom. The number of nitrogens with zero attached hydrogens (tertiary/aromatic N) is 1. The highest BCUT2D eigenvalue weighted by Crippen LogP contribution is 2.19. The average molecular weight is 413 g/mol. The maximum absolute atomic E-state index is 13.3. The molecule has 2 amide bonds. The molecule has 0 bridgehead atoms. The van der Waals surface area contributed by atoms with Crippen LogP contribution in [0.5, 0.6) is 5.75 Å². The number of nitrogens with one attached hydrogen (secondary N) is 1. The highest BCUT2D eigenvalue weighted by atomic mass is 19.1. The number of carbonyl (C=O) groups is 2. The number of halogens is 1. The molecule has 5 nitrogen and oxygen atoms in total. The van der Waals surface area contributed by atoms with Gasteiger partial charge in [-0.25, -0.2) is 4.39 Å². The Balaban J connectivity index is 1.74. The largest absolute Gasteiger partial charge is 0.484 e. The van der Waals surface area contributed by atoms with E-state index in [4.69, 9.17) is 4.74 Å². The zero-order valence-electron chi connectivity index (χ0n) is 17.4. The van der Waals surface area contributed by atoms with Gasteiger partial charge in [0, 0.05) is 12.6 Å². The molecule has 1 aliphatic carbocycles. The lowest BCUT2D eigenvalue weighted by Gasteiger charge is -2.31. The summed E-state index contributed by atoms with van der Waals surface area (Å²) in [4.78, 5) is 27.6. The third kappa shape index (κ3) is 6.05. The van der Waals surface area contributed by atoms with Crippen molar-refractivity contribution in [3.8, 4) is 5.75 Å². The second kappa shape index (κ2) is 10.8. The topological polar surface area (TPSA) is 58.6 Å². The van der Waals surface area contributed by atoms with Gasteiger partial charge in [-0.3, -0.25) is 9.59 Å². The predicted molar refractivity (Wildman–Crippen MR) is 113 cm³/mol. The first-order valence-corrected chi connectivity index (χ1v) is 10.6. The molecule has 0 heterocycles. The Kier molecular flexibility index (Phi) is 7.82. The van der Waals surface area contributed by atoms with Crippen molar-refractivity contribution in [2.24, 2.45) is 0 Å². The number of carbonyl (C=O) groups excluding carboxylic acids is 2. The highest BCUT2D eigenvalue weighted by molar-refractivity contribution is 5.88. The van der Waals surface area contributed by atoms with Crippen molar-refractivity contribution in [2.45, 2.75) is 57.7 Å². The van der Waals surface area contributed by atoms with E-state index in [1.54, 1.807) is 29.2 Å². The van der Waals surface area contributed by atoms with E-state index in [1.807, 2.05) is 25.1 Å². The van der Waals surface area contributed by atoms with Crippen LogP contribution in [0.3, 0.4) is 0 Å². The minimum atomic E-state index is -0.609. The summed E-state index contributed by atoms with van der Waals surface area (Å²) < 4.78 is 18.9. The molecule has 0 aliphatic heterocycles. The monoisotopic (exact) mass is 412 g/mol. The van der Waals surface area contributed by atoms with Crippen molar-refractivity contribution < 1.29 is 18.7 Å². The van der Waals surface area contributed by atoms with Crippen molar-refractivity contribution in [3.05, 3.63) is 66.0 Å². The highest BCUT2D eigenvalue weighted by Gasteiger charge is 2.30. The molecule has 0 aromatic heterocycles. The Bertz CT molecular complexity index is 820. The van der Waals surface area contributed by atoms with Gasteiger partial charge >= 0.3 is 0 Å². The van der Waals surface area contributed by atoms with Crippen LogP contribution in [0.15, 0.2) is 54.6 Å². The summed E-state index contributed by atoms with van der Waals surface area (Å²) in [6, 6.07) is 14.7. The second-order valence-corrected chi connectivity index (χ2v) is 7.66. The Morgan fingerprint density at radius 2 is 1.77 bits per heavy atom. The fourth-order valence-electron chi connectivity index (χ4n) is 3.82. The summed E-state index contributed by atoms with van der Waals surface area (Å²) >= 11 is 0. The lowest BCUT2D eigenvalue weighted by atomic mass is 10.1. The molecule has 0 saturated heterocycles. The maximum atomic E-state index is 13.3. The number of amides is 2. The van der Waals surface area contributed by atoms with Gasteiger partial charge in [0.1, 0.15) is 17.6 Å². The summed E-state index contributed by atoms with van der Waals surface area (Å²) in [6.45, 7) is 1.94. The van der Waals surface area contributed by atoms with Gasteiger partial charge in [0.25, 0.3) is 5.91 Å². The van der Waals surface area contributed by atoms with Crippen molar-refractivity contribution in [1.82, 2.24) is 10.2 Å². The average Bonchev–Trinajstić information content (AvgIpc) is 3.27. The maximum Gasteiger partial charge on any atom is 0.261 e. The number of hydrogen-bond donors (Lipinski definition) is 1. The predicted octanol–water partition coefficient (Wildman–Crippen LogP) is 4.07. The fraction of sp³-hybridized carbons (Fsp3) is 0.417. The van der Waals surface area contributed by atoms with E-state index < -0.39 is 6.04 Å². The standard InChI is InChI=1S/C24H29FN2O3/c1-2-22(24(29)26-20-8-6-7-9-20)27(16-18-12-14-19(25)15-13-18)23(28)17-30-21-10-4-3-5-11-21/h3-5,10-15,20,22H,2,6-9,16-17H2,1H3,(H,26,29)/t22-/m0/s1. The zero-order chi connectivity index (χ0) is 21.3. The van der Waals surface area contributed by atoms with E-state index in [1.165, 1.54) is 12.1 Å². The van der Waals surface area contributed by atoms with Crippen LogP contribution in [0.25, 0.3) is 0 Å². The van der Waals surface area contributed by atoms with Gasteiger partial charge in [0.15, 0.2) is 6.61 Å². The summed E-state index contributed by atoms with van der Waals surface area (Å²) in [5.74, 6) is -0.165. The third-order valence-corrected chi connectivity index (χ3v) is 5.46. The number of hydrogen-bond acceptors (Lipinski definition) is 3. The Hall–Kier alpha value is -2.89. The van der Waals surface area contributed by atoms with Gasteiger partial charge < -0.3 is 15.0 Å². The molecule has 0 spiro atoms. The minimum absolute atomic E-state index is 0.139. The molecule has 3 rings (SSSR count). The molecule has 160 valence electrons. The van der Waals surface area contributed by atoms with E-state index in [0.29, 0.717) is 12.2 Å². The van der Waals surface area contributed by atoms with Crippen LogP contribution in [0.2, 0.25) is 0 Å².